The molecule has 0 radical (unpaired) electrons. The summed E-state index contributed by atoms with van der Waals surface area (Å²) in [6.45, 7) is 7.18. The number of carbonyl (C=O) groups is 2. The summed E-state index contributed by atoms with van der Waals surface area (Å²) in [6, 6.07) is 11.3. The molecule has 1 atom stereocenters. The molecule has 140 valence electrons. The van der Waals surface area contributed by atoms with E-state index in [9.17, 15) is 9.59 Å². The fourth-order valence-electron chi connectivity index (χ4n) is 2.67. The topological polar surface area (TPSA) is 76.9 Å². The van der Waals surface area contributed by atoms with Crippen molar-refractivity contribution < 1.29 is 9.59 Å². The number of hydrogen-bond acceptors (Lipinski definition) is 4. The van der Waals surface area contributed by atoms with E-state index in [2.05, 4.69) is 15.5 Å². The molecule has 0 fully saturated rings. The van der Waals surface area contributed by atoms with E-state index in [1.54, 1.807) is 45.0 Å². The van der Waals surface area contributed by atoms with Crippen LogP contribution < -0.4 is 5.32 Å². The van der Waals surface area contributed by atoms with Gasteiger partial charge in [-0.2, -0.15) is 15.0 Å². The van der Waals surface area contributed by atoms with Crippen molar-refractivity contribution in [3.05, 3.63) is 53.1 Å². The van der Waals surface area contributed by atoms with Crippen LogP contribution in [0, 0.1) is 12.3 Å². The number of aromatic nitrogens is 3. The molecule has 1 amide bonds. The minimum Gasteiger partial charge on any atom is -0.322 e. The van der Waals surface area contributed by atoms with Crippen LogP contribution >= 0.6 is 11.6 Å². The summed E-state index contributed by atoms with van der Waals surface area (Å²) in [5.74, 6) is -0.813. The molecule has 1 aromatic heterocycles. The molecule has 27 heavy (non-hydrogen) atoms. The average molecular weight is 385 g/mol. The zero-order valence-electron chi connectivity index (χ0n) is 15.7. The van der Waals surface area contributed by atoms with Crippen molar-refractivity contribution in [1.82, 2.24) is 15.0 Å². The molecule has 7 heteroatoms. The minimum absolute atomic E-state index is 0.288. The lowest BCUT2D eigenvalue weighted by molar-refractivity contribution is -0.136. The van der Waals surface area contributed by atoms with Gasteiger partial charge in [0.05, 0.1) is 10.7 Å². The number of nitrogens with zero attached hydrogens (tertiary/aromatic N) is 3. The first-order valence-electron chi connectivity index (χ1n) is 8.60. The summed E-state index contributed by atoms with van der Waals surface area (Å²) in [7, 11) is 0. The van der Waals surface area contributed by atoms with Gasteiger partial charge in [0.1, 0.15) is 11.0 Å². The highest BCUT2D eigenvalue weighted by molar-refractivity contribution is 6.34. The highest BCUT2D eigenvalue weighted by Gasteiger charge is 2.38. The number of aryl methyl sites for hydroxylation is 1. The zero-order valence-corrected chi connectivity index (χ0v) is 16.4. The predicted octanol–water partition coefficient (Wildman–Crippen LogP) is 4.19. The first-order chi connectivity index (χ1) is 12.7. The Bertz CT molecular complexity index is 987. The third kappa shape index (κ3) is 4.01. The van der Waals surface area contributed by atoms with E-state index in [1.165, 1.54) is 4.80 Å². The van der Waals surface area contributed by atoms with Gasteiger partial charge >= 0.3 is 0 Å². The van der Waals surface area contributed by atoms with Crippen LogP contribution in [0.1, 0.15) is 32.4 Å². The third-order valence-corrected chi connectivity index (χ3v) is 4.48. The molecule has 0 saturated carbocycles. The van der Waals surface area contributed by atoms with Crippen LogP contribution in [0.25, 0.3) is 11.0 Å². The number of rotatable bonds is 4. The number of benzene rings is 2. The fourth-order valence-corrected chi connectivity index (χ4v) is 2.83. The summed E-state index contributed by atoms with van der Waals surface area (Å²) < 4.78 is 0. The van der Waals surface area contributed by atoms with E-state index in [1.807, 2.05) is 25.1 Å². The van der Waals surface area contributed by atoms with Gasteiger partial charge in [0, 0.05) is 5.41 Å². The van der Waals surface area contributed by atoms with Gasteiger partial charge in [0.15, 0.2) is 5.78 Å². The molecule has 1 heterocycles. The van der Waals surface area contributed by atoms with E-state index >= 15 is 0 Å². The monoisotopic (exact) mass is 384 g/mol. The Morgan fingerprint density at radius 1 is 1.07 bits per heavy atom. The van der Waals surface area contributed by atoms with Gasteiger partial charge in [-0.25, -0.2) is 0 Å². The summed E-state index contributed by atoms with van der Waals surface area (Å²) in [6.07, 6.45) is 0. The maximum Gasteiger partial charge on any atom is 0.258 e. The Morgan fingerprint density at radius 2 is 1.67 bits per heavy atom. The van der Waals surface area contributed by atoms with Crippen LogP contribution in [0.3, 0.4) is 0 Å². The van der Waals surface area contributed by atoms with Crippen molar-refractivity contribution >= 4 is 40.0 Å². The Labute approximate surface area is 162 Å². The van der Waals surface area contributed by atoms with Gasteiger partial charge in [0.25, 0.3) is 5.91 Å². The molecule has 3 aromatic rings. The number of ketones is 1. The zero-order chi connectivity index (χ0) is 19.8. The van der Waals surface area contributed by atoms with Crippen molar-refractivity contribution in [2.75, 3.05) is 5.32 Å². The van der Waals surface area contributed by atoms with Crippen molar-refractivity contribution in [1.29, 1.82) is 0 Å². The lowest BCUT2D eigenvalue weighted by atomic mass is 9.86. The van der Waals surface area contributed by atoms with Crippen LogP contribution in [0.4, 0.5) is 5.69 Å². The number of fused-ring (bicyclic) bond motifs is 1. The number of Topliss-reactive ketones (excluding diaryl/α,β-unsaturated/α-hetero) is 1. The van der Waals surface area contributed by atoms with Gasteiger partial charge in [-0.05, 0) is 36.8 Å². The van der Waals surface area contributed by atoms with Gasteiger partial charge in [-0.15, -0.1) is 0 Å². The number of nitrogens with one attached hydrogen (secondary N) is 1. The number of amides is 1. The van der Waals surface area contributed by atoms with Crippen LogP contribution in [-0.2, 0) is 9.59 Å². The van der Waals surface area contributed by atoms with Crippen LogP contribution in [0.15, 0.2) is 42.5 Å². The molecule has 3 rings (SSSR count). The van der Waals surface area contributed by atoms with E-state index in [0.29, 0.717) is 21.7 Å². The fraction of sp³-hybridized carbons (Fsp3) is 0.300. The summed E-state index contributed by atoms with van der Waals surface area (Å²) in [4.78, 5) is 27.3. The summed E-state index contributed by atoms with van der Waals surface area (Å²) >= 11 is 6.19. The van der Waals surface area contributed by atoms with Crippen LogP contribution in [-0.4, -0.2) is 26.7 Å². The molecule has 0 spiro atoms. The Hall–Kier alpha value is -2.73. The predicted molar refractivity (Wildman–Crippen MR) is 106 cm³/mol. The Kier molecular flexibility index (Phi) is 5.02. The van der Waals surface area contributed by atoms with Crippen molar-refractivity contribution in [2.45, 2.75) is 33.7 Å². The minimum atomic E-state index is -1.20. The van der Waals surface area contributed by atoms with Crippen molar-refractivity contribution in [2.24, 2.45) is 5.41 Å². The summed E-state index contributed by atoms with van der Waals surface area (Å²) in [5, 5.41) is 11.8. The molecule has 1 unspecified atom stereocenters. The van der Waals surface area contributed by atoms with E-state index in [-0.39, 0.29) is 5.78 Å². The van der Waals surface area contributed by atoms with E-state index in [4.69, 9.17) is 11.6 Å². The molecule has 0 saturated heterocycles. The van der Waals surface area contributed by atoms with Gasteiger partial charge in [0.2, 0.25) is 6.04 Å². The smallest absolute Gasteiger partial charge is 0.258 e. The number of carbonyl (C=O) groups excluding carboxylic acids is 2. The molecular formula is C20H21ClN4O2. The van der Waals surface area contributed by atoms with Gasteiger partial charge < -0.3 is 5.32 Å². The molecule has 6 nitrogen and oxygen atoms in total. The quantitative estimate of drug-likeness (QED) is 0.684. The largest absolute Gasteiger partial charge is 0.322 e. The molecule has 0 aliphatic heterocycles. The second-order valence-electron chi connectivity index (χ2n) is 7.50. The van der Waals surface area contributed by atoms with Crippen LogP contribution in [0.2, 0.25) is 5.02 Å². The standard InChI is InChI=1S/C20H21ClN4O2/c1-12-9-10-13(21)16(11-12)22-19(27)17(18(26)20(2,3)4)25-23-14-7-5-6-8-15(14)24-25/h5-11,17H,1-4H3,(H,22,27). The second kappa shape index (κ2) is 7.12. The Balaban J connectivity index is 2.02. The molecule has 2 aromatic carbocycles. The number of hydrogen-bond donors (Lipinski definition) is 1. The molecule has 0 aliphatic rings. The van der Waals surface area contributed by atoms with E-state index in [0.717, 1.165) is 5.56 Å². The summed E-state index contributed by atoms with van der Waals surface area (Å²) in [5.41, 5.74) is 1.87. The average Bonchev–Trinajstić information content (AvgIpc) is 3.01. The number of anilines is 1. The molecular weight excluding hydrogens is 364 g/mol. The molecule has 0 bridgehead atoms. The normalized spacial score (nSPS) is 12.8. The van der Waals surface area contributed by atoms with Gasteiger partial charge in [-0.3, -0.25) is 9.59 Å². The Morgan fingerprint density at radius 3 is 2.22 bits per heavy atom. The maximum absolute atomic E-state index is 13.1. The third-order valence-electron chi connectivity index (χ3n) is 4.15. The van der Waals surface area contributed by atoms with Crippen molar-refractivity contribution in [3.63, 3.8) is 0 Å². The first kappa shape index (κ1) is 19.0. The SMILES string of the molecule is Cc1ccc(Cl)c(NC(=O)C(C(=O)C(C)(C)C)n2nc3ccccc3n2)c1. The maximum atomic E-state index is 13.1. The van der Waals surface area contributed by atoms with Crippen molar-refractivity contribution in [3.8, 4) is 0 Å². The lowest BCUT2D eigenvalue weighted by Crippen LogP contribution is -2.39. The first-order valence-corrected chi connectivity index (χ1v) is 8.97. The highest BCUT2D eigenvalue weighted by atomic mass is 35.5. The van der Waals surface area contributed by atoms with Crippen LogP contribution in [0.5, 0.6) is 0 Å². The lowest BCUT2D eigenvalue weighted by Gasteiger charge is -2.23. The highest BCUT2D eigenvalue weighted by Crippen LogP contribution is 2.27. The van der Waals surface area contributed by atoms with Gasteiger partial charge in [-0.1, -0.05) is 50.6 Å². The van der Waals surface area contributed by atoms with E-state index < -0.39 is 17.4 Å². The molecule has 1 N–H and O–H groups in total. The molecule has 0 aliphatic carbocycles. The number of halogens is 1. The second-order valence-corrected chi connectivity index (χ2v) is 7.91.